The molecule has 1 aliphatic heterocycles. The molecular formula is C26H27ClN4O4. The quantitative estimate of drug-likeness (QED) is 0.486. The molecule has 4 rings (SSSR count). The number of carbonyl (C=O) groups is 2. The fourth-order valence-electron chi connectivity index (χ4n) is 3.70. The normalized spacial score (nSPS) is 15.2. The zero-order valence-corrected chi connectivity index (χ0v) is 20.5. The first kappa shape index (κ1) is 24.3. The summed E-state index contributed by atoms with van der Waals surface area (Å²) in [5.41, 5.74) is 2.36. The van der Waals surface area contributed by atoms with Crippen LogP contribution in [0.5, 0.6) is 5.75 Å². The van der Waals surface area contributed by atoms with Gasteiger partial charge in [0.15, 0.2) is 6.61 Å². The highest BCUT2D eigenvalue weighted by molar-refractivity contribution is 6.30. The zero-order chi connectivity index (χ0) is 24.9. The highest BCUT2D eigenvalue weighted by Crippen LogP contribution is 2.33. The van der Waals surface area contributed by atoms with Gasteiger partial charge in [-0.15, -0.1) is 0 Å². The van der Waals surface area contributed by atoms with Crippen molar-refractivity contribution in [2.75, 3.05) is 18.6 Å². The molecule has 0 bridgehead atoms. The summed E-state index contributed by atoms with van der Waals surface area (Å²) < 4.78 is 11.3. The Balaban J connectivity index is 1.43. The minimum Gasteiger partial charge on any atom is -0.484 e. The van der Waals surface area contributed by atoms with Crippen LogP contribution in [-0.2, 0) is 4.79 Å². The van der Waals surface area contributed by atoms with Crippen LogP contribution in [0.25, 0.3) is 0 Å². The number of urea groups is 1. The minimum atomic E-state index is -0.359. The molecule has 1 unspecified atom stereocenters. The van der Waals surface area contributed by atoms with Gasteiger partial charge in [0.05, 0.1) is 12.0 Å². The van der Waals surface area contributed by atoms with Gasteiger partial charge in [0.2, 0.25) is 0 Å². The molecule has 0 radical (unpaired) electrons. The van der Waals surface area contributed by atoms with E-state index in [0.717, 1.165) is 11.3 Å². The van der Waals surface area contributed by atoms with Crippen LogP contribution in [0, 0.1) is 0 Å². The van der Waals surface area contributed by atoms with E-state index >= 15 is 0 Å². The van der Waals surface area contributed by atoms with Crippen LogP contribution in [0.1, 0.15) is 37.6 Å². The predicted octanol–water partition coefficient (Wildman–Crippen LogP) is 5.24. The van der Waals surface area contributed by atoms with Crippen molar-refractivity contribution >= 4 is 34.9 Å². The summed E-state index contributed by atoms with van der Waals surface area (Å²) in [6, 6.07) is 17.4. The van der Waals surface area contributed by atoms with Gasteiger partial charge >= 0.3 is 6.03 Å². The molecule has 35 heavy (non-hydrogen) atoms. The van der Waals surface area contributed by atoms with Crippen LogP contribution in [0.4, 0.5) is 10.5 Å². The van der Waals surface area contributed by atoms with Crippen LogP contribution in [0.15, 0.2) is 76.4 Å². The van der Waals surface area contributed by atoms with Gasteiger partial charge in [-0.2, -0.15) is 5.10 Å². The second kappa shape index (κ2) is 10.7. The highest BCUT2D eigenvalue weighted by atomic mass is 35.5. The molecular weight excluding hydrogens is 468 g/mol. The Kier molecular flexibility index (Phi) is 7.41. The van der Waals surface area contributed by atoms with Crippen molar-refractivity contribution in [1.82, 2.24) is 10.3 Å². The van der Waals surface area contributed by atoms with Crippen molar-refractivity contribution in [3.05, 3.63) is 83.3 Å². The lowest BCUT2D eigenvalue weighted by Crippen LogP contribution is -2.40. The lowest BCUT2D eigenvalue weighted by atomic mass is 10.0. The number of ether oxygens (including phenoxy) is 1. The van der Waals surface area contributed by atoms with E-state index in [1.807, 2.05) is 32.0 Å². The summed E-state index contributed by atoms with van der Waals surface area (Å²) in [5, 5.41) is 9.47. The number of nitrogens with one attached hydrogen (secondary N) is 1. The fourth-order valence-corrected chi connectivity index (χ4v) is 3.82. The smallest absolute Gasteiger partial charge is 0.321 e. The standard InChI is InChI=1S/C26H27ClN4O4/c1-17(2)28-26(33)30(3)20-10-12-21(13-11-20)35-16-25(32)31-23(24-5-4-14-34-24)15-22(29-31)18-6-8-19(27)9-7-18/h4-14,17,23H,15-16H2,1-3H3,(H,28,33). The van der Waals surface area contributed by atoms with Crippen molar-refractivity contribution in [2.24, 2.45) is 5.10 Å². The van der Waals surface area contributed by atoms with E-state index in [1.165, 1.54) is 9.91 Å². The molecule has 3 amide bonds. The first-order valence-electron chi connectivity index (χ1n) is 11.3. The van der Waals surface area contributed by atoms with Crippen LogP contribution in [0.2, 0.25) is 5.02 Å². The Hall–Kier alpha value is -3.78. The molecule has 0 saturated carbocycles. The summed E-state index contributed by atoms with van der Waals surface area (Å²) in [6.07, 6.45) is 2.09. The fraction of sp³-hybridized carbons (Fsp3) is 0.269. The van der Waals surface area contributed by atoms with Gasteiger partial charge in [0.25, 0.3) is 5.91 Å². The monoisotopic (exact) mass is 494 g/mol. The van der Waals surface area contributed by atoms with Gasteiger partial charge in [0.1, 0.15) is 17.6 Å². The summed E-state index contributed by atoms with van der Waals surface area (Å²) in [4.78, 5) is 26.8. The van der Waals surface area contributed by atoms with Crippen LogP contribution in [-0.4, -0.2) is 42.4 Å². The second-order valence-electron chi connectivity index (χ2n) is 8.47. The third-order valence-corrected chi connectivity index (χ3v) is 5.77. The summed E-state index contributed by atoms with van der Waals surface area (Å²) >= 11 is 6.01. The van der Waals surface area contributed by atoms with Crippen LogP contribution >= 0.6 is 11.6 Å². The van der Waals surface area contributed by atoms with E-state index in [1.54, 1.807) is 55.8 Å². The number of nitrogens with zero attached hydrogens (tertiary/aromatic N) is 3. The number of halogens is 1. The number of hydrogen-bond acceptors (Lipinski definition) is 5. The molecule has 1 N–H and O–H groups in total. The Morgan fingerprint density at radius 1 is 1.17 bits per heavy atom. The summed E-state index contributed by atoms with van der Waals surface area (Å²) in [7, 11) is 1.69. The largest absolute Gasteiger partial charge is 0.484 e. The van der Waals surface area contributed by atoms with E-state index in [2.05, 4.69) is 10.4 Å². The maximum absolute atomic E-state index is 13.1. The van der Waals surface area contributed by atoms with Crippen molar-refractivity contribution < 1.29 is 18.7 Å². The van der Waals surface area contributed by atoms with Gasteiger partial charge in [-0.1, -0.05) is 23.7 Å². The third kappa shape index (κ3) is 5.84. The Morgan fingerprint density at radius 3 is 2.51 bits per heavy atom. The second-order valence-corrected chi connectivity index (χ2v) is 8.91. The average molecular weight is 495 g/mol. The number of anilines is 1. The van der Waals surface area contributed by atoms with Crippen LogP contribution in [0.3, 0.4) is 0 Å². The number of benzene rings is 2. The maximum Gasteiger partial charge on any atom is 0.321 e. The molecule has 1 aromatic heterocycles. The minimum absolute atomic E-state index is 0.0389. The lowest BCUT2D eigenvalue weighted by Gasteiger charge is -2.21. The number of carbonyl (C=O) groups excluding carboxylic acids is 2. The first-order chi connectivity index (χ1) is 16.8. The average Bonchev–Trinajstić information content (AvgIpc) is 3.53. The lowest BCUT2D eigenvalue weighted by molar-refractivity contribution is -0.135. The molecule has 0 aliphatic carbocycles. The van der Waals surface area contributed by atoms with Crippen molar-refractivity contribution in [2.45, 2.75) is 32.4 Å². The van der Waals surface area contributed by atoms with E-state index in [4.69, 9.17) is 20.8 Å². The van der Waals surface area contributed by atoms with Gasteiger partial charge in [0, 0.05) is 30.2 Å². The molecule has 1 aliphatic rings. The molecule has 0 spiro atoms. The van der Waals surface area contributed by atoms with E-state index in [0.29, 0.717) is 28.6 Å². The number of amides is 3. The molecule has 0 saturated heterocycles. The van der Waals surface area contributed by atoms with Gasteiger partial charge in [-0.05, 0) is 67.9 Å². The SMILES string of the molecule is CC(C)NC(=O)N(C)c1ccc(OCC(=O)N2N=C(c3ccc(Cl)cc3)CC2c2ccco2)cc1. The van der Waals surface area contributed by atoms with Crippen molar-refractivity contribution in [1.29, 1.82) is 0 Å². The molecule has 2 aromatic carbocycles. The Bertz CT molecular complexity index is 1190. The van der Waals surface area contributed by atoms with E-state index in [9.17, 15) is 9.59 Å². The molecule has 0 fully saturated rings. The van der Waals surface area contributed by atoms with Gasteiger partial charge in [-0.25, -0.2) is 9.80 Å². The van der Waals surface area contributed by atoms with Crippen LogP contribution < -0.4 is 15.0 Å². The van der Waals surface area contributed by atoms with E-state index in [-0.39, 0.29) is 30.6 Å². The highest BCUT2D eigenvalue weighted by Gasteiger charge is 2.35. The van der Waals surface area contributed by atoms with Gasteiger partial charge < -0.3 is 14.5 Å². The number of hydrogen-bond donors (Lipinski definition) is 1. The maximum atomic E-state index is 13.1. The Labute approximate surface area is 209 Å². The number of hydrazone groups is 1. The topological polar surface area (TPSA) is 87.4 Å². The number of rotatable bonds is 7. The van der Waals surface area contributed by atoms with Gasteiger partial charge in [-0.3, -0.25) is 9.69 Å². The Morgan fingerprint density at radius 2 is 1.89 bits per heavy atom. The third-order valence-electron chi connectivity index (χ3n) is 5.52. The molecule has 2 heterocycles. The zero-order valence-electron chi connectivity index (χ0n) is 19.8. The van der Waals surface area contributed by atoms with Crippen molar-refractivity contribution in [3.8, 4) is 5.75 Å². The summed E-state index contributed by atoms with van der Waals surface area (Å²) in [5.74, 6) is 0.862. The molecule has 1 atom stereocenters. The first-order valence-corrected chi connectivity index (χ1v) is 11.7. The van der Waals surface area contributed by atoms with E-state index < -0.39 is 0 Å². The number of furan rings is 1. The van der Waals surface area contributed by atoms with Crippen molar-refractivity contribution in [3.63, 3.8) is 0 Å². The molecule has 9 heteroatoms. The molecule has 182 valence electrons. The molecule has 8 nitrogen and oxygen atoms in total. The molecule has 3 aromatic rings. The summed E-state index contributed by atoms with van der Waals surface area (Å²) in [6.45, 7) is 3.61. The predicted molar refractivity (Wildman–Crippen MR) is 135 cm³/mol.